The number of hydrogen-bond acceptors (Lipinski definition) is 3. The number of hydrogen-bond donors (Lipinski definition) is 0. The third-order valence-electron chi connectivity index (χ3n) is 3.67. The smallest absolute Gasteiger partial charge is 0.175 e. The Morgan fingerprint density at radius 1 is 1.39 bits per heavy atom. The molecule has 1 atom stereocenters. The van der Waals surface area contributed by atoms with E-state index in [1.165, 1.54) is 12.8 Å². The molecule has 18 heavy (non-hydrogen) atoms. The van der Waals surface area contributed by atoms with E-state index in [1.54, 1.807) is 0 Å². The van der Waals surface area contributed by atoms with Crippen molar-refractivity contribution in [1.29, 1.82) is 0 Å². The first-order valence-electron chi connectivity index (χ1n) is 6.43. The normalized spacial score (nSPS) is 21.2. The van der Waals surface area contributed by atoms with Crippen molar-refractivity contribution in [2.75, 3.05) is 6.54 Å². The minimum atomic E-state index is 0.397. The van der Waals surface area contributed by atoms with Gasteiger partial charge in [0.25, 0.3) is 0 Å². The van der Waals surface area contributed by atoms with E-state index in [9.17, 15) is 0 Å². The highest BCUT2D eigenvalue weighted by atomic mass is 79.9. The number of fused-ring (bicyclic) bond motifs is 1. The van der Waals surface area contributed by atoms with Crippen LogP contribution in [0.1, 0.15) is 38.6 Å². The van der Waals surface area contributed by atoms with Gasteiger partial charge in [0.2, 0.25) is 0 Å². The van der Waals surface area contributed by atoms with E-state index in [1.807, 2.05) is 18.3 Å². The minimum absolute atomic E-state index is 0.397. The highest BCUT2D eigenvalue weighted by molar-refractivity contribution is 9.10. The fourth-order valence-corrected chi connectivity index (χ4v) is 3.24. The van der Waals surface area contributed by atoms with E-state index < -0.39 is 0 Å². The Kier molecular flexibility index (Phi) is 3.11. The van der Waals surface area contributed by atoms with Gasteiger partial charge in [0.1, 0.15) is 0 Å². The first kappa shape index (κ1) is 12.1. The van der Waals surface area contributed by atoms with Gasteiger partial charge >= 0.3 is 0 Å². The lowest BCUT2D eigenvalue weighted by Gasteiger charge is -2.26. The molecule has 1 aliphatic heterocycles. The molecule has 0 bridgehead atoms. The molecule has 0 N–H and O–H groups in total. The number of aromatic nitrogens is 3. The first-order valence-corrected chi connectivity index (χ1v) is 7.22. The largest absolute Gasteiger partial charge is 0.291 e. The van der Waals surface area contributed by atoms with Crippen molar-refractivity contribution in [3.63, 3.8) is 0 Å². The molecule has 0 amide bonds. The molecule has 2 aromatic heterocycles. The van der Waals surface area contributed by atoms with Crippen molar-refractivity contribution < 1.29 is 0 Å². The number of pyridine rings is 1. The molecule has 1 fully saturated rings. The minimum Gasteiger partial charge on any atom is -0.291 e. The standard InChI is InChI=1S/C13H17BrN4/c1-9(2)17-7-4-6-11(17)13-16-15-12-10(14)5-3-8-18(12)13/h3,5,8-9,11H,4,6-7H2,1-2H3. The quantitative estimate of drug-likeness (QED) is 0.855. The maximum absolute atomic E-state index is 4.41. The van der Waals surface area contributed by atoms with Crippen molar-refractivity contribution in [2.24, 2.45) is 0 Å². The fourth-order valence-electron chi connectivity index (χ4n) is 2.81. The summed E-state index contributed by atoms with van der Waals surface area (Å²) in [4.78, 5) is 2.51. The predicted octanol–water partition coefficient (Wildman–Crippen LogP) is 3.04. The molecule has 1 aliphatic rings. The van der Waals surface area contributed by atoms with Crippen LogP contribution in [0.2, 0.25) is 0 Å². The molecule has 1 unspecified atom stereocenters. The Morgan fingerprint density at radius 2 is 2.22 bits per heavy atom. The number of nitrogens with zero attached hydrogens (tertiary/aromatic N) is 4. The lowest BCUT2D eigenvalue weighted by molar-refractivity contribution is 0.197. The van der Waals surface area contributed by atoms with Crippen LogP contribution in [0.5, 0.6) is 0 Å². The van der Waals surface area contributed by atoms with E-state index in [2.05, 4.69) is 49.3 Å². The van der Waals surface area contributed by atoms with Crippen LogP contribution in [0, 0.1) is 0 Å². The summed E-state index contributed by atoms with van der Waals surface area (Å²) in [6.07, 6.45) is 4.46. The molecule has 96 valence electrons. The molecule has 0 saturated carbocycles. The van der Waals surface area contributed by atoms with Gasteiger partial charge in [0.15, 0.2) is 11.5 Å². The Balaban J connectivity index is 2.07. The van der Waals surface area contributed by atoms with E-state index in [0.717, 1.165) is 22.5 Å². The summed E-state index contributed by atoms with van der Waals surface area (Å²) in [5.41, 5.74) is 0.906. The van der Waals surface area contributed by atoms with Crippen LogP contribution in [-0.2, 0) is 0 Å². The molecule has 3 heterocycles. The van der Waals surface area contributed by atoms with Crippen LogP contribution in [0.15, 0.2) is 22.8 Å². The zero-order valence-electron chi connectivity index (χ0n) is 10.7. The van der Waals surface area contributed by atoms with Gasteiger partial charge in [-0.15, -0.1) is 10.2 Å². The van der Waals surface area contributed by atoms with Gasteiger partial charge in [0.05, 0.1) is 10.5 Å². The average Bonchev–Trinajstić information content (AvgIpc) is 2.94. The van der Waals surface area contributed by atoms with Gasteiger partial charge in [-0.1, -0.05) is 0 Å². The molecule has 5 heteroatoms. The maximum Gasteiger partial charge on any atom is 0.175 e. The lowest BCUT2D eigenvalue weighted by Crippen LogP contribution is -2.31. The number of likely N-dealkylation sites (tertiary alicyclic amines) is 1. The van der Waals surface area contributed by atoms with Crippen molar-refractivity contribution in [3.05, 3.63) is 28.6 Å². The summed E-state index contributed by atoms with van der Waals surface area (Å²) >= 11 is 3.53. The Hall–Kier alpha value is -0.940. The molecule has 2 aromatic rings. The van der Waals surface area contributed by atoms with Crippen molar-refractivity contribution in [2.45, 2.75) is 38.8 Å². The van der Waals surface area contributed by atoms with Crippen LogP contribution >= 0.6 is 15.9 Å². The summed E-state index contributed by atoms with van der Waals surface area (Å²) in [6, 6.07) is 4.98. The average molecular weight is 309 g/mol. The molecule has 3 rings (SSSR count). The molecular formula is C13H17BrN4. The molecule has 4 nitrogen and oxygen atoms in total. The van der Waals surface area contributed by atoms with Crippen molar-refractivity contribution >= 4 is 21.6 Å². The molecule has 1 saturated heterocycles. The van der Waals surface area contributed by atoms with Gasteiger partial charge in [-0.05, 0) is 61.3 Å². The fraction of sp³-hybridized carbons (Fsp3) is 0.538. The zero-order valence-corrected chi connectivity index (χ0v) is 12.3. The highest BCUT2D eigenvalue weighted by Crippen LogP contribution is 2.33. The van der Waals surface area contributed by atoms with E-state index in [-0.39, 0.29) is 0 Å². The van der Waals surface area contributed by atoms with Gasteiger partial charge in [0, 0.05) is 12.2 Å². The van der Waals surface area contributed by atoms with E-state index in [0.29, 0.717) is 12.1 Å². The molecule has 0 aromatic carbocycles. The Bertz CT molecular complexity index is 563. The summed E-state index contributed by atoms with van der Waals surface area (Å²) < 4.78 is 3.10. The van der Waals surface area contributed by atoms with Crippen LogP contribution in [0.4, 0.5) is 0 Å². The van der Waals surface area contributed by atoms with Crippen LogP contribution in [0.25, 0.3) is 5.65 Å². The number of halogens is 1. The topological polar surface area (TPSA) is 33.4 Å². The summed E-state index contributed by atoms with van der Waals surface area (Å²) in [5.74, 6) is 1.07. The van der Waals surface area contributed by atoms with Crippen molar-refractivity contribution in [1.82, 2.24) is 19.5 Å². The maximum atomic E-state index is 4.41. The van der Waals surface area contributed by atoms with Gasteiger partial charge in [-0.3, -0.25) is 9.30 Å². The van der Waals surface area contributed by atoms with Crippen molar-refractivity contribution in [3.8, 4) is 0 Å². The molecular weight excluding hydrogens is 292 g/mol. The molecule has 0 radical (unpaired) electrons. The van der Waals surface area contributed by atoms with Gasteiger partial charge in [-0.2, -0.15) is 0 Å². The highest BCUT2D eigenvalue weighted by Gasteiger charge is 2.31. The van der Waals surface area contributed by atoms with Gasteiger partial charge in [-0.25, -0.2) is 0 Å². The summed E-state index contributed by atoms with van der Waals surface area (Å²) in [6.45, 7) is 5.65. The van der Waals surface area contributed by atoms with Crippen LogP contribution in [-0.4, -0.2) is 32.1 Å². The van der Waals surface area contributed by atoms with E-state index >= 15 is 0 Å². The second-order valence-corrected chi connectivity index (χ2v) is 5.95. The molecule has 0 spiro atoms. The lowest BCUT2D eigenvalue weighted by atomic mass is 10.2. The van der Waals surface area contributed by atoms with Gasteiger partial charge < -0.3 is 0 Å². The molecule has 0 aliphatic carbocycles. The van der Waals surface area contributed by atoms with Crippen LogP contribution < -0.4 is 0 Å². The monoisotopic (exact) mass is 308 g/mol. The van der Waals surface area contributed by atoms with Crippen LogP contribution in [0.3, 0.4) is 0 Å². The Morgan fingerprint density at radius 3 is 3.00 bits per heavy atom. The number of rotatable bonds is 2. The van der Waals surface area contributed by atoms with E-state index in [4.69, 9.17) is 0 Å². The Labute approximate surface area is 115 Å². The third-order valence-corrected chi connectivity index (χ3v) is 4.29. The second kappa shape index (κ2) is 4.63. The summed E-state index contributed by atoms with van der Waals surface area (Å²) in [5, 5.41) is 8.71. The first-order chi connectivity index (χ1) is 8.68. The SMILES string of the molecule is CC(C)N1CCCC1c1nnc2c(Br)cccn12. The third kappa shape index (κ3) is 1.86. The zero-order chi connectivity index (χ0) is 12.7. The second-order valence-electron chi connectivity index (χ2n) is 5.10. The predicted molar refractivity (Wildman–Crippen MR) is 74.5 cm³/mol. The summed E-state index contributed by atoms with van der Waals surface area (Å²) in [7, 11) is 0.